The average Bonchev–Trinajstić information content (AvgIpc) is 2.16. The molecule has 0 atom stereocenters. The van der Waals surface area contributed by atoms with Crippen molar-refractivity contribution in [3.05, 3.63) is 23.8 Å². The summed E-state index contributed by atoms with van der Waals surface area (Å²) in [7, 11) is -0.726. The first kappa shape index (κ1) is 12.1. The van der Waals surface area contributed by atoms with E-state index in [0.717, 1.165) is 12.9 Å². The summed E-state index contributed by atoms with van der Waals surface area (Å²) in [5.41, 5.74) is 0.863. The fourth-order valence-corrected chi connectivity index (χ4v) is 3.33. The standard InChI is InChI=1S/C11H19BN2Si/c1-11(2,3)15(4,5)14-8-6-7-10(9-13)12-14/h6-8,12H,1-5H3. The van der Waals surface area contributed by atoms with Gasteiger partial charge in [-0.25, -0.2) is 0 Å². The quantitative estimate of drug-likeness (QED) is 0.632. The van der Waals surface area contributed by atoms with Crippen LogP contribution in [-0.4, -0.2) is 20.1 Å². The van der Waals surface area contributed by atoms with Crippen LogP contribution in [0.5, 0.6) is 0 Å². The van der Waals surface area contributed by atoms with E-state index in [4.69, 9.17) is 5.26 Å². The molecule has 0 saturated carbocycles. The molecule has 0 aliphatic carbocycles. The Morgan fingerprint density at radius 2 is 2.00 bits per heavy atom. The maximum absolute atomic E-state index is 8.91. The minimum atomic E-state index is -1.51. The van der Waals surface area contributed by atoms with E-state index < -0.39 is 8.24 Å². The predicted octanol–water partition coefficient (Wildman–Crippen LogP) is 2.58. The van der Waals surface area contributed by atoms with E-state index in [2.05, 4.69) is 50.6 Å². The van der Waals surface area contributed by atoms with Crippen molar-refractivity contribution in [1.29, 1.82) is 5.26 Å². The molecule has 0 radical (unpaired) electrons. The summed E-state index contributed by atoms with van der Waals surface area (Å²) in [5.74, 6) is 0. The molecule has 2 nitrogen and oxygen atoms in total. The van der Waals surface area contributed by atoms with E-state index in [-0.39, 0.29) is 0 Å². The molecule has 0 aromatic rings. The van der Waals surface area contributed by atoms with Crippen LogP contribution < -0.4 is 0 Å². The van der Waals surface area contributed by atoms with Gasteiger partial charge in [0.25, 0.3) is 7.41 Å². The Morgan fingerprint density at radius 1 is 1.40 bits per heavy atom. The van der Waals surface area contributed by atoms with Crippen LogP contribution in [0.15, 0.2) is 23.8 Å². The Hall–Kier alpha value is -0.948. The molecule has 0 unspecified atom stereocenters. The summed E-state index contributed by atoms with van der Waals surface area (Å²) in [6.07, 6.45) is 6.03. The minimum Gasteiger partial charge on any atom is -0.447 e. The van der Waals surface area contributed by atoms with Crippen molar-refractivity contribution in [2.24, 2.45) is 0 Å². The Kier molecular flexibility index (Phi) is 3.15. The minimum absolute atomic E-state index is 0.315. The summed E-state index contributed by atoms with van der Waals surface area (Å²) in [4.78, 5) is 0. The maximum Gasteiger partial charge on any atom is 0.273 e. The summed E-state index contributed by atoms with van der Waals surface area (Å²) >= 11 is 0. The van der Waals surface area contributed by atoms with Crippen molar-refractivity contribution in [3.63, 3.8) is 0 Å². The Bertz CT molecular complexity index is 345. The first-order valence-electron chi connectivity index (χ1n) is 5.33. The van der Waals surface area contributed by atoms with Gasteiger partial charge in [0, 0.05) is 5.47 Å². The molecule has 1 rings (SSSR count). The second kappa shape index (κ2) is 3.90. The summed E-state index contributed by atoms with van der Waals surface area (Å²) in [5, 5.41) is 9.23. The van der Waals surface area contributed by atoms with Crippen LogP contribution in [-0.2, 0) is 0 Å². The van der Waals surface area contributed by atoms with Crippen molar-refractivity contribution < 1.29 is 0 Å². The van der Waals surface area contributed by atoms with Crippen molar-refractivity contribution in [3.8, 4) is 6.07 Å². The van der Waals surface area contributed by atoms with E-state index >= 15 is 0 Å². The highest BCUT2D eigenvalue weighted by Crippen LogP contribution is 2.38. The van der Waals surface area contributed by atoms with Gasteiger partial charge in [-0.2, -0.15) is 5.26 Å². The third-order valence-corrected chi connectivity index (χ3v) is 9.02. The molecule has 1 aliphatic heterocycles. The highest BCUT2D eigenvalue weighted by Gasteiger charge is 2.40. The van der Waals surface area contributed by atoms with Crippen LogP contribution in [0.4, 0.5) is 0 Å². The zero-order chi connectivity index (χ0) is 11.7. The van der Waals surface area contributed by atoms with Crippen LogP contribution in [0.3, 0.4) is 0 Å². The second-order valence-electron chi connectivity index (χ2n) is 5.58. The van der Waals surface area contributed by atoms with Gasteiger partial charge in [-0.3, -0.25) is 0 Å². The number of nitrogens with zero attached hydrogens (tertiary/aromatic N) is 2. The fraction of sp³-hybridized carbons (Fsp3) is 0.545. The van der Waals surface area contributed by atoms with Gasteiger partial charge in [0.15, 0.2) is 0 Å². The lowest BCUT2D eigenvalue weighted by Gasteiger charge is -2.46. The van der Waals surface area contributed by atoms with Crippen molar-refractivity contribution in [2.45, 2.75) is 38.9 Å². The van der Waals surface area contributed by atoms with Crippen LogP contribution in [0.1, 0.15) is 20.8 Å². The molecule has 0 N–H and O–H groups in total. The molecule has 0 spiro atoms. The van der Waals surface area contributed by atoms with Gasteiger partial charge in [0.2, 0.25) is 0 Å². The van der Waals surface area contributed by atoms with Crippen molar-refractivity contribution in [2.75, 3.05) is 0 Å². The number of hydrogen-bond donors (Lipinski definition) is 0. The third-order valence-electron chi connectivity index (χ3n) is 3.60. The normalized spacial score (nSPS) is 16.8. The number of rotatable bonds is 1. The van der Waals surface area contributed by atoms with E-state index in [9.17, 15) is 0 Å². The number of nitriles is 1. The van der Waals surface area contributed by atoms with Gasteiger partial charge in [-0.05, 0) is 17.3 Å². The largest absolute Gasteiger partial charge is 0.447 e. The molecule has 0 amide bonds. The molecule has 0 aromatic heterocycles. The van der Waals surface area contributed by atoms with Gasteiger partial charge < -0.3 is 4.48 Å². The smallest absolute Gasteiger partial charge is 0.273 e. The SMILES string of the molecule is CC(C)(C)[Si](C)(C)N1BC(C#N)=CC=C1. The highest BCUT2D eigenvalue weighted by molar-refractivity contribution is 6.84. The predicted molar refractivity (Wildman–Crippen MR) is 69.0 cm³/mol. The molecule has 1 heterocycles. The number of allylic oxidation sites excluding steroid dienone is 3. The molecule has 0 bridgehead atoms. The Morgan fingerprint density at radius 3 is 2.47 bits per heavy atom. The molecule has 80 valence electrons. The van der Waals surface area contributed by atoms with Crippen molar-refractivity contribution in [1.82, 2.24) is 4.48 Å². The van der Waals surface area contributed by atoms with Crippen LogP contribution in [0.2, 0.25) is 18.1 Å². The van der Waals surface area contributed by atoms with Gasteiger partial charge in [-0.1, -0.05) is 39.9 Å². The first-order chi connectivity index (χ1) is 6.79. The molecule has 0 fully saturated rings. The van der Waals surface area contributed by atoms with Crippen LogP contribution in [0.25, 0.3) is 0 Å². The highest BCUT2D eigenvalue weighted by atomic mass is 28.3. The topological polar surface area (TPSA) is 27.0 Å². The lowest BCUT2D eigenvalue weighted by atomic mass is 9.81. The van der Waals surface area contributed by atoms with Crippen molar-refractivity contribution >= 4 is 15.6 Å². The fourth-order valence-electron chi connectivity index (χ4n) is 1.44. The molecular formula is C11H19BN2Si. The molecular weight excluding hydrogens is 199 g/mol. The lowest BCUT2D eigenvalue weighted by molar-refractivity contribution is 0.656. The lowest BCUT2D eigenvalue weighted by Crippen LogP contribution is -2.54. The Labute approximate surface area is 94.6 Å². The van der Waals surface area contributed by atoms with E-state index in [1.165, 1.54) is 0 Å². The van der Waals surface area contributed by atoms with Gasteiger partial charge in [-0.15, -0.1) is 0 Å². The third kappa shape index (κ3) is 2.35. The summed E-state index contributed by atoms with van der Waals surface area (Å²) in [6, 6.07) is 2.25. The monoisotopic (exact) mass is 218 g/mol. The summed E-state index contributed by atoms with van der Waals surface area (Å²) in [6.45, 7) is 11.6. The zero-order valence-corrected chi connectivity index (χ0v) is 11.3. The van der Waals surface area contributed by atoms with Crippen LogP contribution in [0, 0.1) is 11.3 Å². The second-order valence-corrected chi connectivity index (χ2v) is 10.8. The average molecular weight is 218 g/mol. The molecule has 0 aromatic carbocycles. The van der Waals surface area contributed by atoms with E-state index in [1.54, 1.807) is 0 Å². The summed E-state index contributed by atoms with van der Waals surface area (Å²) < 4.78 is 2.38. The molecule has 4 heteroatoms. The number of hydrogen-bond acceptors (Lipinski definition) is 2. The van der Waals surface area contributed by atoms with E-state index in [0.29, 0.717) is 5.04 Å². The van der Waals surface area contributed by atoms with Gasteiger partial charge >= 0.3 is 0 Å². The zero-order valence-electron chi connectivity index (χ0n) is 10.3. The Balaban J connectivity index is 2.90. The maximum atomic E-state index is 8.91. The molecule has 1 aliphatic rings. The van der Waals surface area contributed by atoms with Gasteiger partial charge in [0.1, 0.15) is 8.24 Å². The van der Waals surface area contributed by atoms with Gasteiger partial charge in [0.05, 0.1) is 6.07 Å². The van der Waals surface area contributed by atoms with Crippen LogP contribution >= 0.6 is 0 Å². The molecule has 0 saturated heterocycles. The van der Waals surface area contributed by atoms with E-state index in [1.807, 2.05) is 12.2 Å². The molecule has 15 heavy (non-hydrogen) atoms. The first-order valence-corrected chi connectivity index (χ1v) is 8.28.